The van der Waals surface area contributed by atoms with Crippen LogP contribution in [-0.2, 0) is 21.1 Å². The summed E-state index contributed by atoms with van der Waals surface area (Å²) in [6.45, 7) is 2.44. The van der Waals surface area contributed by atoms with Crippen molar-refractivity contribution in [3.05, 3.63) is 29.8 Å². The molecule has 26 heavy (non-hydrogen) atoms. The molecule has 2 atom stereocenters. The SMILES string of the molecule is CCc1ccc(N2C(=O)CN(C3CCCCC3)C3CS(=O)(=O)CC32)cc1. The summed E-state index contributed by atoms with van der Waals surface area (Å²) in [5.74, 6) is 0.311. The molecule has 0 bridgehead atoms. The number of hydrogen-bond donors (Lipinski definition) is 0. The molecule has 0 N–H and O–H groups in total. The van der Waals surface area contributed by atoms with E-state index in [0.29, 0.717) is 12.6 Å². The smallest absolute Gasteiger partial charge is 0.241 e. The van der Waals surface area contributed by atoms with Crippen LogP contribution in [0.3, 0.4) is 0 Å². The van der Waals surface area contributed by atoms with E-state index in [2.05, 4.69) is 11.8 Å². The highest BCUT2D eigenvalue weighted by molar-refractivity contribution is 7.91. The lowest BCUT2D eigenvalue weighted by atomic mass is 9.91. The van der Waals surface area contributed by atoms with E-state index in [1.807, 2.05) is 24.3 Å². The van der Waals surface area contributed by atoms with Crippen molar-refractivity contribution in [3.8, 4) is 0 Å². The third-order valence-electron chi connectivity index (χ3n) is 6.30. The molecule has 0 aromatic heterocycles. The second-order valence-corrected chi connectivity index (χ2v) is 10.1. The van der Waals surface area contributed by atoms with Gasteiger partial charge in [-0.15, -0.1) is 0 Å². The maximum Gasteiger partial charge on any atom is 0.241 e. The molecule has 0 spiro atoms. The van der Waals surface area contributed by atoms with E-state index >= 15 is 0 Å². The Kier molecular flexibility index (Phi) is 4.82. The molecular weight excluding hydrogens is 348 g/mol. The summed E-state index contributed by atoms with van der Waals surface area (Å²) in [6.07, 6.45) is 6.73. The molecule has 142 valence electrons. The van der Waals surface area contributed by atoms with Crippen molar-refractivity contribution < 1.29 is 13.2 Å². The monoisotopic (exact) mass is 376 g/mol. The molecule has 0 radical (unpaired) electrons. The van der Waals surface area contributed by atoms with Crippen molar-refractivity contribution in [3.63, 3.8) is 0 Å². The van der Waals surface area contributed by atoms with Crippen LogP contribution in [0.15, 0.2) is 24.3 Å². The molecule has 5 nitrogen and oxygen atoms in total. The van der Waals surface area contributed by atoms with Crippen LogP contribution in [-0.4, -0.2) is 55.4 Å². The van der Waals surface area contributed by atoms with Crippen molar-refractivity contribution in [2.45, 2.75) is 63.6 Å². The molecule has 1 aromatic carbocycles. The van der Waals surface area contributed by atoms with E-state index in [1.165, 1.54) is 24.8 Å². The Balaban J connectivity index is 1.66. The molecule has 1 amide bonds. The Bertz CT molecular complexity index is 769. The maximum absolute atomic E-state index is 13.0. The minimum absolute atomic E-state index is 0.0400. The van der Waals surface area contributed by atoms with Crippen LogP contribution >= 0.6 is 0 Å². The van der Waals surface area contributed by atoms with Crippen LogP contribution in [0.5, 0.6) is 0 Å². The predicted molar refractivity (Wildman–Crippen MR) is 103 cm³/mol. The highest BCUT2D eigenvalue weighted by Crippen LogP contribution is 2.35. The number of anilines is 1. The Labute approximate surface area is 156 Å². The standard InChI is InChI=1S/C20H28N2O3S/c1-2-15-8-10-17(11-9-15)22-19-14-26(24,25)13-18(19)21(12-20(22)23)16-6-4-3-5-7-16/h8-11,16,18-19H,2-7,12-14H2,1H3. The first-order valence-corrected chi connectivity index (χ1v) is 11.7. The second kappa shape index (κ2) is 6.97. The largest absolute Gasteiger partial charge is 0.306 e. The van der Waals surface area contributed by atoms with E-state index in [-0.39, 0.29) is 29.5 Å². The van der Waals surface area contributed by atoms with Gasteiger partial charge in [-0.2, -0.15) is 0 Å². The molecule has 2 saturated heterocycles. The number of piperazine rings is 1. The highest BCUT2D eigenvalue weighted by Gasteiger charge is 2.51. The highest BCUT2D eigenvalue weighted by atomic mass is 32.2. The normalized spacial score (nSPS) is 29.7. The fraction of sp³-hybridized carbons (Fsp3) is 0.650. The number of fused-ring (bicyclic) bond motifs is 1. The Morgan fingerprint density at radius 2 is 1.65 bits per heavy atom. The van der Waals surface area contributed by atoms with Gasteiger partial charge in [0.1, 0.15) is 0 Å². The Morgan fingerprint density at radius 1 is 1.00 bits per heavy atom. The van der Waals surface area contributed by atoms with Gasteiger partial charge in [0, 0.05) is 17.8 Å². The quantitative estimate of drug-likeness (QED) is 0.813. The van der Waals surface area contributed by atoms with Crippen molar-refractivity contribution in [2.75, 3.05) is 23.0 Å². The summed E-state index contributed by atoms with van der Waals surface area (Å²) in [6, 6.07) is 8.05. The molecule has 6 heteroatoms. The number of sulfone groups is 1. The summed E-state index contributed by atoms with van der Waals surface area (Å²) in [5.41, 5.74) is 2.06. The topological polar surface area (TPSA) is 57.7 Å². The van der Waals surface area contributed by atoms with Gasteiger partial charge >= 0.3 is 0 Å². The van der Waals surface area contributed by atoms with Gasteiger partial charge in [-0.05, 0) is 37.0 Å². The zero-order valence-corrected chi connectivity index (χ0v) is 16.2. The molecule has 1 aromatic rings. The zero-order valence-electron chi connectivity index (χ0n) is 15.4. The number of hydrogen-bond acceptors (Lipinski definition) is 4. The number of aryl methyl sites for hydroxylation is 1. The number of nitrogens with zero attached hydrogens (tertiary/aromatic N) is 2. The minimum atomic E-state index is -3.11. The molecule has 1 aliphatic carbocycles. The summed E-state index contributed by atoms with van der Waals surface area (Å²) < 4.78 is 24.9. The molecule has 1 saturated carbocycles. The number of carbonyl (C=O) groups excluding carboxylic acids is 1. The van der Waals surface area contributed by atoms with Gasteiger partial charge < -0.3 is 4.90 Å². The lowest BCUT2D eigenvalue weighted by Crippen LogP contribution is -2.64. The molecule has 2 aliphatic heterocycles. The lowest BCUT2D eigenvalue weighted by Gasteiger charge is -2.47. The lowest BCUT2D eigenvalue weighted by molar-refractivity contribution is -0.124. The average molecular weight is 377 g/mol. The van der Waals surface area contributed by atoms with E-state index in [4.69, 9.17) is 0 Å². The third-order valence-corrected chi connectivity index (χ3v) is 8.00. The van der Waals surface area contributed by atoms with Crippen LogP contribution in [0.4, 0.5) is 5.69 Å². The van der Waals surface area contributed by atoms with Gasteiger partial charge in [-0.25, -0.2) is 8.42 Å². The second-order valence-electron chi connectivity index (χ2n) is 7.96. The zero-order chi connectivity index (χ0) is 18.3. The molecule has 2 heterocycles. The van der Waals surface area contributed by atoms with Crippen molar-refractivity contribution >= 4 is 21.4 Å². The van der Waals surface area contributed by atoms with Gasteiger partial charge in [-0.3, -0.25) is 9.69 Å². The summed E-state index contributed by atoms with van der Waals surface area (Å²) >= 11 is 0. The fourth-order valence-electron chi connectivity index (χ4n) is 4.95. The first kappa shape index (κ1) is 18.0. The summed E-state index contributed by atoms with van der Waals surface area (Å²) in [7, 11) is -3.11. The number of benzene rings is 1. The van der Waals surface area contributed by atoms with Gasteiger partial charge in [0.2, 0.25) is 5.91 Å². The van der Waals surface area contributed by atoms with Crippen molar-refractivity contribution in [2.24, 2.45) is 0 Å². The predicted octanol–water partition coefficient (Wildman–Crippen LogP) is 2.40. The first-order chi connectivity index (χ1) is 12.5. The number of amides is 1. The number of carbonyl (C=O) groups is 1. The number of rotatable bonds is 3. The molecule has 4 rings (SSSR count). The third kappa shape index (κ3) is 3.29. The van der Waals surface area contributed by atoms with E-state index in [9.17, 15) is 13.2 Å². The van der Waals surface area contributed by atoms with Gasteiger partial charge in [-0.1, -0.05) is 38.3 Å². The van der Waals surface area contributed by atoms with Crippen molar-refractivity contribution in [1.29, 1.82) is 0 Å². The molecule has 3 aliphatic rings. The Hall–Kier alpha value is -1.40. The van der Waals surface area contributed by atoms with Crippen LogP contribution in [0.25, 0.3) is 0 Å². The Morgan fingerprint density at radius 3 is 2.31 bits per heavy atom. The van der Waals surface area contributed by atoms with Crippen LogP contribution < -0.4 is 4.90 Å². The van der Waals surface area contributed by atoms with E-state index < -0.39 is 9.84 Å². The van der Waals surface area contributed by atoms with Crippen LogP contribution in [0.2, 0.25) is 0 Å². The summed E-state index contributed by atoms with van der Waals surface area (Å²) in [5, 5.41) is 0. The maximum atomic E-state index is 13.0. The van der Waals surface area contributed by atoms with E-state index in [0.717, 1.165) is 24.9 Å². The fourth-order valence-corrected chi connectivity index (χ4v) is 6.91. The van der Waals surface area contributed by atoms with Gasteiger partial charge in [0.15, 0.2) is 9.84 Å². The first-order valence-electron chi connectivity index (χ1n) is 9.85. The molecule has 2 unspecified atom stereocenters. The molecule has 3 fully saturated rings. The molecular formula is C20H28N2O3S. The summed E-state index contributed by atoms with van der Waals surface area (Å²) in [4.78, 5) is 17.0. The van der Waals surface area contributed by atoms with Crippen molar-refractivity contribution in [1.82, 2.24) is 4.90 Å². The van der Waals surface area contributed by atoms with E-state index in [1.54, 1.807) is 4.90 Å². The average Bonchev–Trinajstić information content (AvgIpc) is 2.97. The van der Waals surface area contributed by atoms with Gasteiger partial charge in [0.25, 0.3) is 0 Å². The minimum Gasteiger partial charge on any atom is -0.306 e. The van der Waals surface area contributed by atoms with Crippen LogP contribution in [0, 0.1) is 0 Å². The van der Waals surface area contributed by atoms with Crippen LogP contribution in [0.1, 0.15) is 44.6 Å². The van der Waals surface area contributed by atoms with Gasteiger partial charge in [0.05, 0.1) is 24.1 Å².